The van der Waals surface area contributed by atoms with Crippen LogP contribution in [0.3, 0.4) is 0 Å². The Labute approximate surface area is 172 Å². The summed E-state index contributed by atoms with van der Waals surface area (Å²) in [7, 11) is -2.11. The summed E-state index contributed by atoms with van der Waals surface area (Å²) in [6.07, 6.45) is 0.812. The van der Waals surface area contributed by atoms with Gasteiger partial charge in [0.1, 0.15) is 5.75 Å². The van der Waals surface area contributed by atoms with Crippen LogP contribution >= 0.6 is 0 Å². The zero-order valence-electron chi connectivity index (χ0n) is 17.0. The minimum Gasteiger partial charge on any atom is -0.491 e. The normalized spacial score (nSPS) is 11.4. The van der Waals surface area contributed by atoms with E-state index in [1.807, 2.05) is 38.1 Å². The van der Waals surface area contributed by atoms with Crippen LogP contribution in [0.15, 0.2) is 53.4 Å². The number of hydrogen-bond acceptors (Lipinski definition) is 5. The van der Waals surface area contributed by atoms with Crippen molar-refractivity contribution in [3.63, 3.8) is 0 Å². The maximum atomic E-state index is 12.3. The fraction of sp³-hybridized carbons (Fsp3) is 0.381. The Morgan fingerprint density at radius 3 is 2.24 bits per heavy atom. The van der Waals surface area contributed by atoms with Crippen LogP contribution in [0.5, 0.6) is 5.75 Å². The van der Waals surface area contributed by atoms with E-state index < -0.39 is 10.0 Å². The van der Waals surface area contributed by atoms with Crippen molar-refractivity contribution < 1.29 is 22.7 Å². The van der Waals surface area contributed by atoms with Crippen molar-refractivity contribution in [1.82, 2.24) is 10.0 Å². The first-order valence-electron chi connectivity index (χ1n) is 9.44. The molecule has 2 N–H and O–H groups in total. The maximum absolute atomic E-state index is 12.3. The molecule has 29 heavy (non-hydrogen) atoms. The molecule has 0 bridgehead atoms. The zero-order chi connectivity index (χ0) is 21.3. The van der Waals surface area contributed by atoms with Crippen LogP contribution in [0, 0.1) is 0 Å². The molecule has 0 spiro atoms. The molecule has 0 aliphatic rings. The molecular weight excluding hydrogens is 392 g/mol. The second kappa shape index (κ2) is 10.9. The highest BCUT2D eigenvalue weighted by atomic mass is 32.2. The van der Waals surface area contributed by atoms with Gasteiger partial charge in [-0.3, -0.25) is 4.79 Å². The van der Waals surface area contributed by atoms with Crippen molar-refractivity contribution in [1.29, 1.82) is 0 Å². The third-order valence-electron chi connectivity index (χ3n) is 4.02. The molecule has 0 fully saturated rings. The van der Waals surface area contributed by atoms with E-state index in [1.165, 1.54) is 31.4 Å². The van der Waals surface area contributed by atoms with Gasteiger partial charge in [-0.15, -0.1) is 0 Å². The van der Waals surface area contributed by atoms with Crippen LogP contribution in [0.25, 0.3) is 0 Å². The van der Waals surface area contributed by atoms with Gasteiger partial charge in [0.15, 0.2) is 0 Å². The molecule has 0 atom stereocenters. The lowest BCUT2D eigenvalue weighted by atomic mass is 10.1. The van der Waals surface area contributed by atoms with Gasteiger partial charge in [-0.1, -0.05) is 12.1 Å². The second-order valence-corrected chi connectivity index (χ2v) is 8.50. The summed E-state index contributed by atoms with van der Waals surface area (Å²) in [6.45, 7) is 4.90. The van der Waals surface area contributed by atoms with Crippen LogP contribution in [0.2, 0.25) is 0 Å². The molecule has 1 amide bonds. The minimum absolute atomic E-state index is 0.105. The summed E-state index contributed by atoms with van der Waals surface area (Å²) in [4.78, 5) is 12.4. The zero-order valence-corrected chi connectivity index (χ0v) is 17.8. The Morgan fingerprint density at radius 1 is 1.00 bits per heavy atom. The van der Waals surface area contributed by atoms with Crippen molar-refractivity contribution in [2.75, 3.05) is 26.8 Å². The molecule has 0 aliphatic heterocycles. The summed E-state index contributed by atoms with van der Waals surface area (Å²) < 4.78 is 37.1. The summed E-state index contributed by atoms with van der Waals surface area (Å²) in [5.41, 5.74) is 1.49. The Bertz CT molecular complexity index is 878. The third kappa shape index (κ3) is 7.49. The lowest BCUT2D eigenvalue weighted by molar-refractivity contribution is 0.0954. The van der Waals surface area contributed by atoms with Crippen molar-refractivity contribution in [2.24, 2.45) is 0 Å². The summed E-state index contributed by atoms with van der Waals surface area (Å²) in [5, 5.41) is 2.84. The first kappa shape index (κ1) is 22.9. The number of carbonyl (C=O) groups excluding carboxylic acids is 1. The average Bonchev–Trinajstić information content (AvgIpc) is 2.69. The van der Waals surface area contributed by atoms with E-state index in [0.29, 0.717) is 18.5 Å². The van der Waals surface area contributed by atoms with Gasteiger partial charge in [-0.25, -0.2) is 13.1 Å². The van der Waals surface area contributed by atoms with E-state index in [1.54, 1.807) is 0 Å². The van der Waals surface area contributed by atoms with Gasteiger partial charge in [0.25, 0.3) is 5.91 Å². The van der Waals surface area contributed by atoms with Gasteiger partial charge >= 0.3 is 0 Å². The Hall–Kier alpha value is -2.42. The van der Waals surface area contributed by atoms with Crippen molar-refractivity contribution >= 4 is 15.9 Å². The predicted octanol–water partition coefficient (Wildman–Crippen LogP) is 2.37. The number of methoxy groups -OCH3 is 1. The first-order valence-corrected chi connectivity index (χ1v) is 10.9. The molecule has 8 heteroatoms. The smallest absolute Gasteiger partial charge is 0.251 e. The summed E-state index contributed by atoms with van der Waals surface area (Å²) in [5.74, 6) is 0.570. The van der Waals surface area contributed by atoms with E-state index in [2.05, 4.69) is 10.0 Å². The number of rotatable bonds is 11. The lowest BCUT2D eigenvalue weighted by Crippen LogP contribution is -2.28. The quantitative estimate of drug-likeness (QED) is 0.545. The van der Waals surface area contributed by atoms with Gasteiger partial charge in [-0.05, 0) is 62.2 Å². The summed E-state index contributed by atoms with van der Waals surface area (Å²) >= 11 is 0. The Balaban J connectivity index is 1.85. The molecule has 0 saturated heterocycles. The van der Waals surface area contributed by atoms with Crippen molar-refractivity contribution in [2.45, 2.75) is 31.3 Å². The number of carbonyl (C=O) groups is 1. The van der Waals surface area contributed by atoms with Gasteiger partial charge in [0, 0.05) is 25.8 Å². The molecule has 2 rings (SSSR count). The standard InChI is InChI=1S/C21H28N2O5S/c1-16(2)28-19-8-4-17(5-9-19)12-13-22-21(24)18-6-10-20(11-7-18)29(25,26)23-14-15-27-3/h4-11,16,23H,12-15H2,1-3H3,(H,22,24). The SMILES string of the molecule is COCCNS(=O)(=O)c1ccc(C(=O)NCCc2ccc(OC(C)C)cc2)cc1. The van der Waals surface area contributed by atoms with E-state index in [9.17, 15) is 13.2 Å². The average molecular weight is 421 g/mol. The molecular formula is C21H28N2O5S. The van der Waals surface area contributed by atoms with Gasteiger partial charge in [-0.2, -0.15) is 0 Å². The minimum atomic E-state index is -3.61. The molecule has 0 unspecified atom stereocenters. The van der Waals surface area contributed by atoms with Crippen LogP contribution in [-0.4, -0.2) is 47.2 Å². The molecule has 0 saturated carbocycles. The maximum Gasteiger partial charge on any atom is 0.251 e. The topological polar surface area (TPSA) is 93.7 Å². The van der Waals surface area contributed by atoms with Gasteiger partial charge in [0.2, 0.25) is 10.0 Å². The van der Waals surface area contributed by atoms with E-state index in [4.69, 9.17) is 9.47 Å². The number of benzene rings is 2. The molecule has 0 heterocycles. The van der Waals surface area contributed by atoms with Gasteiger partial charge < -0.3 is 14.8 Å². The molecule has 0 aromatic heterocycles. The first-order chi connectivity index (χ1) is 13.8. The number of ether oxygens (including phenoxy) is 2. The van der Waals surface area contributed by atoms with Crippen LogP contribution in [0.1, 0.15) is 29.8 Å². The highest BCUT2D eigenvalue weighted by molar-refractivity contribution is 7.89. The Kier molecular flexibility index (Phi) is 8.63. The summed E-state index contributed by atoms with van der Waals surface area (Å²) in [6, 6.07) is 13.6. The highest BCUT2D eigenvalue weighted by Gasteiger charge is 2.14. The number of nitrogens with one attached hydrogen (secondary N) is 2. The van der Waals surface area contributed by atoms with Crippen LogP contribution in [-0.2, 0) is 21.2 Å². The Morgan fingerprint density at radius 2 is 1.66 bits per heavy atom. The van der Waals surface area contributed by atoms with E-state index in [0.717, 1.165) is 11.3 Å². The van der Waals surface area contributed by atoms with Crippen molar-refractivity contribution in [3.8, 4) is 5.75 Å². The fourth-order valence-electron chi connectivity index (χ4n) is 2.58. The third-order valence-corrected chi connectivity index (χ3v) is 5.50. The number of hydrogen-bond donors (Lipinski definition) is 2. The number of sulfonamides is 1. The van der Waals surface area contributed by atoms with E-state index >= 15 is 0 Å². The fourth-order valence-corrected chi connectivity index (χ4v) is 3.59. The highest BCUT2D eigenvalue weighted by Crippen LogP contribution is 2.14. The van der Waals surface area contributed by atoms with Crippen LogP contribution < -0.4 is 14.8 Å². The molecule has 2 aromatic rings. The largest absolute Gasteiger partial charge is 0.491 e. The second-order valence-electron chi connectivity index (χ2n) is 6.73. The lowest BCUT2D eigenvalue weighted by Gasteiger charge is -2.10. The van der Waals surface area contributed by atoms with E-state index in [-0.39, 0.29) is 30.1 Å². The molecule has 0 radical (unpaired) electrons. The monoisotopic (exact) mass is 420 g/mol. The molecule has 2 aromatic carbocycles. The predicted molar refractivity (Wildman–Crippen MR) is 112 cm³/mol. The van der Waals surface area contributed by atoms with Crippen LogP contribution in [0.4, 0.5) is 0 Å². The van der Waals surface area contributed by atoms with Gasteiger partial charge in [0.05, 0.1) is 17.6 Å². The molecule has 0 aliphatic carbocycles. The molecule has 158 valence electrons. The molecule has 7 nitrogen and oxygen atoms in total. The van der Waals surface area contributed by atoms with Crippen molar-refractivity contribution in [3.05, 3.63) is 59.7 Å². The number of amides is 1.